The highest BCUT2D eigenvalue weighted by Crippen LogP contribution is 2.25. The predicted octanol–water partition coefficient (Wildman–Crippen LogP) is 2.20. The molecular weight excluding hydrogens is 244 g/mol. The van der Waals surface area contributed by atoms with E-state index in [0.29, 0.717) is 0 Å². The van der Waals surface area contributed by atoms with Crippen LogP contribution in [0.15, 0.2) is 48.5 Å². The zero-order chi connectivity index (χ0) is 12.1. The molecule has 0 saturated heterocycles. The van der Waals surface area contributed by atoms with E-state index in [-0.39, 0.29) is 0 Å². The molecule has 0 saturated carbocycles. The lowest BCUT2D eigenvalue weighted by Crippen LogP contribution is -1.97. The van der Waals surface area contributed by atoms with Gasteiger partial charge in [0.05, 0.1) is 0 Å². The second kappa shape index (κ2) is 5.70. The van der Waals surface area contributed by atoms with E-state index in [4.69, 9.17) is 8.85 Å². The SMILES string of the molecule is [Si]Oc1ccccc1Cc1ccccc1O[Si]. The van der Waals surface area contributed by atoms with Crippen molar-refractivity contribution in [3.63, 3.8) is 0 Å². The van der Waals surface area contributed by atoms with Crippen molar-refractivity contribution in [1.29, 1.82) is 0 Å². The Kier molecular flexibility index (Phi) is 4.00. The van der Waals surface area contributed by atoms with Crippen LogP contribution in [0.4, 0.5) is 0 Å². The second-order valence-electron chi connectivity index (χ2n) is 3.60. The van der Waals surface area contributed by atoms with Gasteiger partial charge in [-0.2, -0.15) is 0 Å². The van der Waals surface area contributed by atoms with Crippen LogP contribution >= 0.6 is 0 Å². The third kappa shape index (κ3) is 2.78. The normalized spacial score (nSPS) is 10.0. The van der Waals surface area contributed by atoms with Gasteiger partial charge in [-0.15, -0.1) is 0 Å². The molecule has 6 radical (unpaired) electrons. The number of hydrogen-bond donors (Lipinski definition) is 0. The third-order valence-electron chi connectivity index (χ3n) is 2.55. The summed E-state index contributed by atoms with van der Waals surface area (Å²) >= 11 is 0. The molecule has 17 heavy (non-hydrogen) atoms. The van der Waals surface area contributed by atoms with Crippen molar-refractivity contribution in [3.8, 4) is 11.5 Å². The molecule has 0 N–H and O–H groups in total. The molecule has 0 fully saturated rings. The molecular formula is C13H10O2Si2. The first-order valence-corrected chi connectivity index (χ1v) is 5.99. The standard InChI is InChI=1S/C13H10O2Si2/c16-14-12-7-3-1-5-10(12)9-11-6-2-4-8-13(11)15-17/h1-8H,9H2. The van der Waals surface area contributed by atoms with Crippen LogP contribution in [0, 0.1) is 0 Å². The van der Waals surface area contributed by atoms with Gasteiger partial charge < -0.3 is 8.85 Å². The van der Waals surface area contributed by atoms with Gasteiger partial charge >= 0.3 is 21.0 Å². The van der Waals surface area contributed by atoms with E-state index in [1.54, 1.807) is 0 Å². The van der Waals surface area contributed by atoms with Gasteiger partial charge in [-0.3, -0.25) is 0 Å². The molecule has 4 heteroatoms. The maximum atomic E-state index is 5.14. The molecule has 0 heterocycles. The molecule has 2 aromatic rings. The lowest BCUT2D eigenvalue weighted by molar-refractivity contribution is 0.598. The van der Waals surface area contributed by atoms with E-state index in [1.165, 1.54) is 0 Å². The number of benzene rings is 2. The zero-order valence-corrected chi connectivity index (χ0v) is 11.1. The quantitative estimate of drug-likeness (QED) is 0.779. The van der Waals surface area contributed by atoms with Crippen LogP contribution in [0.3, 0.4) is 0 Å². The molecule has 0 atom stereocenters. The van der Waals surface area contributed by atoms with Crippen molar-refractivity contribution in [2.45, 2.75) is 6.42 Å². The third-order valence-corrected chi connectivity index (χ3v) is 2.99. The topological polar surface area (TPSA) is 18.5 Å². The lowest BCUT2D eigenvalue weighted by Gasteiger charge is -2.11. The van der Waals surface area contributed by atoms with Crippen LogP contribution in [0.1, 0.15) is 11.1 Å². The number of para-hydroxylation sites is 2. The minimum Gasteiger partial charge on any atom is -0.540 e. The van der Waals surface area contributed by atoms with Crippen molar-refractivity contribution < 1.29 is 8.85 Å². The molecule has 2 aromatic carbocycles. The summed E-state index contributed by atoms with van der Waals surface area (Å²) in [5, 5.41) is 0. The Bertz CT molecular complexity index is 455. The first kappa shape index (κ1) is 11.9. The largest absolute Gasteiger partial charge is 0.540 e. The molecule has 0 aliphatic heterocycles. The molecule has 0 amide bonds. The Hall–Kier alpha value is -1.53. The number of hydrogen-bond acceptors (Lipinski definition) is 2. The Morgan fingerprint density at radius 3 is 1.53 bits per heavy atom. The molecule has 0 aliphatic rings. The van der Waals surface area contributed by atoms with Crippen molar-refractivity contribution in [2.24, 2.45) is 0 Å². The average Bonchev–Trinajstić information content (AvgIpc) is 2.40. The predicted molar refractivity (Wildman–Crippen MR) is 68.5 cm³/mol. The Labute approximate surface area is 108 Å². The van der Waals surface area contributed by atoms with Crippen LogP contribution in [-0.2, 0) is 6.42 Å². The summed E-state index contributed by atoms with van der Waals surface area (Å²) in [6, 6.07) is 15.7. The van der Waals surface area contributed by atoms with E-state index in [9.17, 15) is 0 Å². The Morgan fingerprint density at radius 2 is 1.12 bits per heavy atom. The Balaban J connectivity index is 2.31. The maximum Gasteiger partial charge on any atom is 0.341 e. The summed E-state index contributed by atoms with van der Waals surface area (Å²) in [5.41, 5.74) is 2.19. The van der Waals surface area contributed by atoms with Gasteiger partial charge in [0.2, 0.25) is 0 Å². The van der Waals surface area contributed by atoms with Crippen LogP contribution in [-0.4, -0.2) is 21.0 Å². The molecule has 2 nitrogen and oxygen atoms in total. The van der Waals surface area contributed by atoms with Crippen molar-refractivity contribution in [1.82, 2.24) is 0 Å². The molecule has 0 unspecified atom stereocenters. The molecule has 0 aromatic heterocycles. The van der Waals surface area contributed by atoms with Crippen molar-refractivity contribution in [2.75, 3.05) is 0 Å². The van der Waals surface area contributed by atoms with Crippen molar-refractivity contribution >= 4 is 21.0 Å². The van der Waals surface area contributed by atoms with Gasteiger partial charge in [-0.05, 0) is 23.3 Å². The highest BCUT2D eigenvalue weighted by Gasteiger charge is 2.06. The van der Waals surface area contributed by atoms with Gasteiger partial charge in [0, 0.05) is 6.42 Å². The van der Waals surface area contributed by atoms with Gasteiger partial charge in [0.15, 0.2) is 0 Å². The Morgan fingerprint density at radius 1 is 0.706 bits per heavy atom. The van der Waals surface area contributed by atoms with E-state index in [0.717, 1.165) is 29.0 Å². The molecule has 2 rings (SSSR count). The second-order valence-corrected chi connectivity index (χ2v) is 4.00. The summed E-state index contributed by atoms with van der Waals surface area (Å²) in [6.45, 7) is 0. The molecule has 0 spiro atoms. The highest BCUT2D eigenvalue weighted by atomic mass is 28.2. The van der Waals surface area contributed by atoms with Crippen LogP contribution in [0.25, 0.3) is 0 Å². The number of rotatable bonds is 4. The van der Waals surface area contributed by atoms with Crippen LogP contribution in [0.2, 0.25) is 0 Å². The fraction of sp³-hybridized carbons (Fsp3) is 0.0769. The summed E-state index contributed by atoms with van der Waals surface area (Å²) < 4.78 is 10.3. The minimum absolute atomic E-state index is 0.751. The van der Waals surface area contributed by atoms with Gasteiger partial charge in [0.1, 0.15) is 11.5 Å². The summed E-state index contributed by atoms with van der Waals surface area (Å²) in [5.74, 6) is 1.63. The first-order chi connectivity index (χ1) is 8.35. The van der Waals surface area contributed by atoms with Crippen LogP contribution in [0.5, 0.6) is 11.5 Å². The van der Waals surface area contributed by atoms with E-state index in [1.807, 2.05) is 48.5 Å². The van der Waals surface area contributed by atoms with Crippen LogP contribution < -0.4 is 8.85 Å². The fourth-order valence-corrected chi connectivity index (χ4v) is 2.10. The summed E-state index contributed by atoms with van der Waals surface area (Å²) in [7, 11) is 6.13. The first-order valence-electron chi connectivity index (χ1n) is 5.18. The van der Waals surface area contributed by atoms with Gasteiger partial charge in [0.25, 0.3) is 0 Å². The smallest absolute Gasteiger partial charge is 0.341 e. The van der Waals surface area contributed by atoms with Gasteiger partial charge in [-0.25, -0.2) is 0 Å². The fourth-order valence-electron chi connectivity index (χ4n) is 1.70. The van der Waals surface area contributed by atoms with Crippen molar-refractivity contribution in [3.05, 3.63) is 59.7 Å². The van der Waals surface area contributed by atoms with E-state index >= 15 is 0 Å². The maximum absolute atomic E-state index is 5.14. The van der Waals surface area contributed by atoms with E-state index in [2.05, 4.69) is 21.0 Å². The van der Waals surface area contributed by atoms with E-state index < -0.39 is 0 Å². The highest BCUT2D eigenvalue weighted by molar-refractivity contribution is 6.00. The zero-order valence-electron chi connectivity index (χ0n) is 9.14. The molecule has 0 aliphatic carbocycles. The molecule has 0 bridgehead atoms. The lowest BCUT2D eigenvalue weighted by atomic mass is 10.0. The minimum atomic E-state index is 0.751. The summed E-state index contributed by atoms with van der Waals surface area (Å²) in [4.78, 5) is 0. The monoisotopic (exact) mass is 254 g/mol. The van der Waals surface area contributed by atoms with Gasteiger partial charge in [-0.1, -0.05) is 36.4 Å². The average molecular weight is 254 g/mol. The molecule has 82 valence electrons. The summed E-state index contributed by atoms with van der Waals surface area (Å²) in [6.07, 6.45) is 0.751.